The van der Waals surface area contributed by atoms with Crippen LogP contribution in [0.1, 0.15) is 11.1 Å². The van der Waals surface area contributed by atoms with Crippen LogP contribution in [0.25, 0.3) is 0 Å². The van der Waals surface area contributed by atoms with Gasteiger partial charge in [0, 0.05) is 56.7 Å². The van der Waals surface area contributed by atoms with Gasteiger partial charge in [-0.15, -0.1) is 0 Å². The minimum absolute atomic E-state index is 0.0233. The molecule has 27 heavy (non-hydrogen) atoms. The second kappa shape index (κ2) is 8.83. The summed E-state index contributed by atoms with van der Waals surface area (Å²) in [5, 5.41) is 3.61. The monoisotopic (exact) mass is 390 g/mol. The smallest absolute Gasteiger partial charge is 0.184 e. The summed E-state index contributed by atoms with van der Waals surface area (Å²) in [6, 6.07) is 6.26. The molecule has 1 aromatic carbocycles. The first-order valence-corrected chi connectivity index (χ1v) is 8.87. The predicted molar refractivity (Wildman–Crippen MR) is 106 cm³/mol. The van der Waals surface area contributed by atoms with Crippen molar-refractivity contribution in [2.75, 3.05) is 31.1 Å². The Balaban J connectivity index is 1.63. The van der Waals surface area contributed by atoms with E-state index in [-0.39, 0.29) is 16.4 Å². The Bertz CT molecular complexity index is 822. The third-order valence-electron chi connectivity index (χ3n) is 4.29. The van der Waals surface area contributed by atoms with Crippen LogP contribution in [0.5, 0.6) is 0 Å². The number of thiocarbonyl (C=S) groups is 1. The summed E-state index contributed by atoms with van der Waals surface area (Å²) in [5.74, 6) is -1.05. The molecule has 1 aliphatic rings. The van der Waals surface area contributed by atoms with Crippen LogP contribution in [-0.2, 0) is 6.54 Å². The summed E-state index contributed by atoms with van der Waals surface area (Å²) in [6.07, 6.45) is 4.73. The number of nitrogens with zero attached hydrogens (tertiary/aromatic N) is 4. The summed E-state index contributed by atoms with van der Waals surface area (Å²) < 4.78 is 28.8. The van der Waals surface area contributed by atoms with E-state index < -0.39 is 11.6 Å². The third-order valence-corrected chi connectivity index (χ3v) is 4.38. The van der Waals surface area contributed by atoms with Crippen LogP contribution in [0, 0.1) is 11.6 Å². The molecule has 3 rings (SSSR count). The molecule has 3 N–H and O–H groups in total. The van der Waals surface area contributed by atoms with Crippen LogP contribution in [0.3, 0.4) is 0 Å². The second-order valence-electron chi connectivity index (χ2n) is 6.18. The van der Waals surface area contributed by atoms with Crippen molar-refractivity contribution in [2.45, 2.75) is 6.54 Å². The van der Waals surface area contributed by atoms with E-state index in [1.165, 1.54) is 6.07 Å². The number of hydrazone groups is 1. The molecule has 0 unspecified atom stereocenters. The Kier molecular flexibility index (Phi) is 6.25. The molecule has 1 saturated heterocycles. The largest absolute Gasteiger partial charge is 0.375 e. The molecule has 1 aromatic heterocycles. The van der Waals surface area contributed by atoms with E-state index >= 15 is 0 Å². The Morgan fingerprint density at radius 2 is 2.04 bits per heavy atom. The molecular formula is C18H20F2N6S. The quantitative estimate of drug-likeness (QED) is 0.461. The minimum Gasteiger partial charge on any atom is -0.375 e. The van der Waals surface area contributed by atoms with E-state index in [4.69, 9.17) is 5.73 Å². The lowest BCUT2D eigenvalue weighted by molar-refractivity contribution is 0.249. The first-order chi connectivity index (χ1) is 13.0. The average Bonchev–Trinajstić information content (AvgIpc) is 2.65. The van der Waals surface area contributed by atoms with Gasteiger partial charge in [0.05, 0.1) is 11.9 Å². The number of halogens is 2. The number of nitrogens with one attached hydrogen (secondary N) is 1. The zero-order valence-electron chi connectivity index (χ0n) is 14.6. The van der Waals surface area contributed by atoms with Crippen LogP contribution >= 0.6 is 12.2 Å². The van der Waals surface area contributed by atoms with Crippen molar-refractivity contribution in [3.63, 3.8) is 0 Å². The maximum Gasteiger partial charge on any atom is 0.184 e. The van der Waals surface area contributed by atoms with E-state index in [9.17, 15) is 8.78 Å². The third kappa shape index (κ3) is 5.18. The Labute approximate surface area is 161 Å². The van der Waals surface area contributed by atoms with Gasteiger partial charge in [0.15, 0.2) is 5.11 Å². The fourth-order valence-electron chi connectivity index (χ4n) is 2.96. The molecule has 1 aliphatic heterocycles. The molecule has 0 radical (unpaired) electrons. The van der Waals surface area contributed by atoms with Gasteiger partial charge in [0.2, 0.25) is 0 Å². The van der Waals surface area contributed by atoms with Crippen molar-refractivity contribution >= 4 is 29.2 Å². The van der Waals surface area contributed by atoms with Crippen molar-refractivity contribution in [2.24, 2.45) is 10.8 Å². The number of pyridine rings is 1. The van der Waals surface area contributed by atoms with Crippen LogP contribution in [0.15, 0.2) is 41.8 Å². The molecular weight excluding hydrogens is 370 g/mol. The van der Waals surface area contributed by atoms with Crippen molar-refractivity contribution in [3.05, 3.63) is 59.4 Å². The van der Waals surface area contributed by atoms with Crippen molar-refractivity contribution in [3.8, 4) is 0 Å². The highest BCUT2D eigenvalue weighted by atomic mass is 32.1. The first kappa shape index (κ1) is 19.1. The second-order valence-corrected chi connectivity index (χ2v) is 6.62. The van der Waals surface area contributed by atoms with E-state index in [1.807, 2.05) is 23.2 Å². The summed E-state index contributed by atoms with van der Waals surface area (Å²) >= 11 is 4.60. The Morgan fingerprint density at radius 1 is 1.26 bits per heavy atom. The number of aromatic nitrogens is 1. The highest BCUT2D eigenvalue weighted by Gasteiger charge is 2.21. The number of hydrogen-bond acceptors (Lipinski definition) is 5. The molecule has 0 bridgehead atoms. The minimum atomic E-state index is -0.558. The predicted octanol–water partition coefficient (Wildman–Crippen LogP) is 1.85. The average molecular weight is 390 g/mol. The topological polar surface area (TPSA) is 69.8 Å². The van der Waals surface area contributed by atoms with Gasteiger partial charge in [-0.1, -0.05) is 6.07 Å². The fraction of sp³-hybridized carbons (Fsp3) is 0.278. The molecule has 9 heteroatoms. The number of rotatable bonds is 5. The maximum absolute atomic E-state index is 14.5. The standard InChI is InChI=1S/C18H20F2N6S/c19-15-9-17(16(20)8-14(15)11-23-24-18(21)27)26-6-4-25(5-7-26)12-13-2-1-3-22-10-13/h1-3,8-11H,4-7,12H2,(H3,21,24,27)/b23-11+. The van der Waals surface area contributed by atoms with Gasteiger partial charge in [-0.3, -0.25) is 15.3 Å². The van der Waals surface area contributed by atoms with Gasteiger partial charge in [-0.2, -0.15) is 5.10 Å². The van der Waals surface area contributed by atoms with Crippen molar-refractivity contribution < 1.29 is 8.78 Å². The highest BCUT2D eigenvalue weighted by molar-refractivity contribution is 7.80. The molecule has 0 spiro atoms. The van der Waals surface area contributed by atoms with E-state index in [1.54, 1.807) is 6.20 Å². The van der Waals surface area contributed by atoms with E-state index in [0.717, 1.165) is 37.5 Å². The van der Waals surface area contributed by atoms with E-state index in [0.29, 0.717) is 13.1 Å². The SMILES string of the molecule is NC(=S)N/N=C/c1cc(F)c(N2CCN(Cc3cccnc3)CC2)cc1F. The molecule has 0 aliphatic carbocycles. The molecule has 0 amide bonds. The van der Waals surface area contributed by atoms with Gasteiger partial charge in [0.25, 0.3) is 0 Å². The number of nitrogens with two attached hydrogens (primary N) is 1. The van der Waals surface area contributed by atoms with Crippen LogP contribution in [-0.4, -0.2) is 47.4 Å². The summed E-state index contributed by atoms with van der Waals surface area (Å²) in [4.78, 5) is 8.24. The highest BCUT2D eigenvalue weighted by Crippen LogP contribution is 2.24. The van der Waals surface area contributed by atoms with Crippen LogP contribution in [0.4, 0.5) is 14.5 Å². The van der Waals surface area contributed by atoms with Crippen molar-refractivity contribution in [1.29, 1.82) is 0 Å². The molecule has 6 nitrogen and oxygen atoms in total. The van der Waals surface area contributed by atoms with Gasteiger partial charge < -0.3 is 10.6 Å². The lowest BCUT2D eigenvalue weighted by atomic mass is 10.1. The molecule has 2 heterocycles. The van der Waals surface area contributed by atoms with E-state index in [2.05, 4.69) is 32.6 Å². The zero-order chi connectivity index (χ0) is 19.2. The van der Waals surface area contributed by atoms with Gasteiger partial charge in [-0.05, 0) is 29.9 Å². The number of benzene rings is 1. The molecule has 142 valence electrons. The Morgan fingerprint density at radius 3 is 2.70 bits per heavy atom. The lowest BCUT2D eigenvalue weighted by Gasteiger charge is -2.36. The normalized spacial score (nSPS) is 15.3. The molecule has 2 aromatic rings. The molecule has 0 saturated carbocycles. The number of anilines is 1. The number of hydrogen-bond donors (Lipinski definition) is 2. The van der Waals surface area contributed by atoms with Crippen LogP contribution in [0.2, 0.25) is 0 Å². The fourth-order valence-corrected chi connectivity index (χ4v) is 3.01. The summed E-state index contributed by atoms with van der Waals surface area (Å²) in [7, 11) is 0. The van der Waals surface area contributed by atoms with Crippen LogP contribution < -0.4 is 16.1 Å². The zero-order valence-corrected chi connectivity index (χ0v) is 15.4. The molecule has 0 atom stereocenters. The maximum atomic E-state index is 14.5. The number of piperazine rings is 1. The molecule has 1 fully saturated rings. The summed E-state index contributed by atoms with van der Waals surface area (Å²) in [5.41, 5.74) is 8.96. The van der Waals surface area contributed by atoms with Gasteiger partial charge in [-0.25, -0.2) is 8.78 Å². The van der Waals surface area contributed by atoms with Gasteiger partial charge in [0.1, 0.15) is 11.6 Å². The Hall–Kier alpha value is -2.65. The summed E-state index contributed by atoms with van der Waals surface area (Å²) in [6.45, 7) is 3.55. The first-order valence-electron chi connectivity index (χ1n) is 8.46. The van der Waals surface area contributed by atoms with Gasteiger partial charge >= 0.3 is 0 Å². The lowest BCUT2D eigenvalue weighted by Crippen LogP contribution is -2.46. The van der Waals surface area contributed by atoms with Crippen molar-refractivity contribution in [1.82, 2.24) is 15.3 Å².